The topological polar surface area (TPSA) is 63.2 Å². The van der Waals surface area contributed by atoms with Crippen molar-refractivity contribution in [2.45, 2.75) is 6.92 Å². The van der Waals surface area contributed by atoms with Crippen molar-refractivity contribution >= 4 is 106 Å². The SMILES string of the molecule is CC(=O)O[Si](O[Si](O[Si](O[Si](O[Si](c1ccccc1)(c1ccccc1)c1ccccc1)(c1ccccc1)c1ccccc1)(c1ccccc1)c1ccccc1)(c1ccccc1)c1ccccc1)(c1ccccc1)c1ccccc1. The molecule has 0 heterocycles. The quantitative estimate of drug-likeness (QED) is 0.0590. The summed E-state index contributed by atoms with van der Waals surface area (Å²) in [6.07, 6.45) is 0. The second kappa shape index (κ2) is 23.8. The number of rotatable bonds is 20. The van der Waals surface area contributed by atoms with E-state index in [4.69, 9.17) is 20.9 Å². The molecule has 0 aliphatic rings. The van der Waals surface area contributed by atoms with Crippen LogP contribution in [0.15, 0.2) is 334 Å². The van der Waals surface area contributed by atoms with E-state index in [2.05, 4.69) is 212 Å². The Kier molecular flexibility index (Phi) is 15.9. The summed E-state index contributed by atoms with van der Waals surface area (Å²) in [5, 5.41) is 9.64. The third kappa shape index (κ3) is 10.5. The van der Waals surface area contributed by atoms with Crippen LogP contribution in [0.4, 0.5) is 0 Å². The van der Waals surface area contributed by atoms with E-state index in [1.54, 1.807) is 0 Å². The van der Waals surface area contributed by atoms with Gasteiger partial charge in [0.05, 0.1) is 0 Å². The van der Waals surface area contributed by atoms with Gasteiger partial charge < -0.3 is 20.9 Å². The van der Waals surface area contributed by atoms with Crippen molar-refractivity contribution in [1.82, 2.24) is 0 Å². The minimum atomic E-state index is -4.52. The molecule has 11 aromatic rings. The molecule has 0 amide bonds. The fourth-order valence-electron chi connectivity index (χ4n) is 10.7. The molecule has 0 atom stereocenters. The van der Waals surface area contributed by atoms with Crippen molar-refractivity contribution in [3.63, 3.8) is 0 Å². The lowest BCUT2D eigenvalue weighted by atomic mass is 10.3. The zero-order valence-electron chi connectivity index (χ0n) is 43.7. The third-order valence-electron chi connectivity index (χ3n) is 14.2. The van der Waals surface area contributed by atoms with E-state index in [-0.39, 0.29) is 0 Å². The van der Waals surface area contributed by atoms with Gasteiger partial charge >= 0.3 is 34.2 Å². The highest BCUT2D eigenvalue weighted by molar-refractivity contribution is 7.16. The van der Waals surface area contributed by atoms with Gasteiger partial charge in [0, 0.05) is 17.3 Å². The summed E-state index contributed by atoms with van der Waals surface area (Å²) in [5.74, 6) is -0.480. The Morgan fingerprint density at radius 3 is 0.557 bits per heavy atom. The Bertz CT molecular complexity index is 3400. The average Bonchev–Trinajstić information content (AvgIpc) is 3.64. The minimum Gasteiger partial charge on any atom is -0.488 e. The van der Waals surface area contributed by atoms with Gasteiger partial charge in [0.15, 0.2) is 0 Å². The molecule has 0 N–H and O–H groups in total. The normalized spacial score (nSPS) is 12.1. The molecule has 79 heavy (non-hydrogen) atoms. The maximum atomic E-state index is 14.2. The first-order chi connectivity index (χ1) is 38.9. The standard InChI is InChI=1S/C68H58O6Si5/c1-57(69)70-76(61-41-19-5-20-42-61,62-43-21-6-22-44-62)72-78(65-49-27-9-28-50-65,66-51-29-10-30-52-66)74-79(67-53-31-11-32-54-67,68-55-33-12-34-56-68)73-77(63-45-23-7-24-46-63,64-47-25-8-26-48-64)71-75(58-35-13-2-14-36-58,59-37-15-3-16-38-59)60-39-17-4-18-40-60/h2-56H,1H3. The van der Waals surface area contributed by atoms with Crippen LogP contribution in [0.2, 0.25) is 0 Å². The van der Waals surface area contributed by atoms with Crippen LogP contribution >= 0.6 is 0 Å². The molecule has 11 heteroatoms. The molecule has 0 unspecified atom stereocenters. The zero-order valence-corrected chi connectivity index (χ0v) is 48.7. The van der Waals surface area contributed by atoms with E-state index in [1.165, 1.54) is 6.92 Å². The smallest absolute Gasteiger partial charge is 0.462 e. The van der Waals surface area contributed by atoms with Crippen molar-refractivity contribution in [3.05, 3.63) is 334 Å². The lowest BCUT2D eigenvalue weighted by Gasteiger charge is -2.50. The molecule has 6 nitrogen and oxygen atoms in total. The number of hydrogen-bond donors (Lipinski definition) is 0. The van der Waals surface area contributed by atoms with Crippen LogP contribution in [0.3, 0.4) is 0 Å². The fourth-order valence-corrected chi connectivity index (χ4v) is 37.1. The second-order valence-corrected chi connectivity index (χ2v) is 35.3. The number of hydrogen-bond acceptors (Lipinski definition) is 6. The van der Waals surface area contributed by atoms with Crippen LogP contribution in [-0.4, -0.2) is 48.5 Å². The number of carbonyl (C=O) groups is 1. The van der Waals surface area contributed by atoms with Gasteiger partial charge in [0.2, 0.25) is 0 Å². The molecular weight excluding hydrogens is 1050 g/mol. The van der Waals surface area contributed by atoms with Gasteiger partial charge in [-0.05, 0) is 46.7 Å². The van der Waals surface area contributed by atoms with Gasteiger partial charge in [-0.25, -0.2) is 0 Å². The van der Waals surface area contributed by atoms with E-state index >= 15 is 0 Å². The van der Waals surface area contributed by atoms with Crippen LogP contribution in [-0.2, 0) is 25.7 Å². The molecule has 11 rings (SSSR count). The molecule has 11 aromatic carbocycles. The zero-order chi connectivity index (χ0) is 53.9. The van der Waals surface area contributed by atoms with Crippen molar-refractivity contribution in [3.8, 4) is 0 Å². The lowest BCUT2D eigenvalue weighted by molar-refractivity contribution is -0.133. The van der Waals surface area contributed by atoms with E-state index in [9.17, 15) is 4.79 Å². The predicted octanol–water partition coefficient (Wildman–Crippen LogP) is 7.31. The molecule has 0 bridgehead atoms. The summed E-state index contributed by atoms with van der Waals surface area (Å²) < 4.78 is 42.3. The molecular formula is C68H58O6Si5. The predicted molar refractivity (Wildman–Crippen MR) is 332 cm³/mol. The highest BCUT2D eigenvalue weighted by Gasteiger charge is 2.65. The molecule has 0 saturated carbocycles. The molecule has 386 valence electrons. The summed E-state index contributed by atoms with van der Waals surface area (Å²) in [6.45, 7) is 1.46. The van der Waals surface area contributed by atoms with E-state index in [0.717, 1.165) is 57.1 Å². The van der Waals surface area contributed by atoms with Crippen molar-refractivity contribution in [1.29, 1.82) is 0 Å². The van der Waals surface area contributed by atoms with Gasteiger partial charge in [-0.3, -0.25) is 4.79 Å². The van der Waals surface area contributed by atoms with Crippen LogP contribution in [0, 0.1) is 0 Å². The van der Waals surface area contributed by atoms with Gasteiger partial charge in [-0.15, -0.1) is 0 Å². The summed E-state index contributed by atoms with van der Waals surface area (Å²) >= 11 is 0. The monoisotopic (exact) mass is 1110 g/mol. The number of benzene rings is 11. The average molecular weight is 1110 g/mol. The summed E-state index contributed by atoms with van der Waals surface area (Å²) in [7, 11) is -21.3. The molecule has 0 aliphatic heterocycles. The Balaban J connectivity index is 1.31. The molecule has 0 fully saturated rings. The Labute approximate surface area is 468 Å². The Morgan fingerprint density at radius 1 is 0.215 bits per heavy atom. The minimum absolute atomic E-state index is 0.480. The largest absolute Gasteiger partial charge is 0.488 e. The maximum Gasteiger partial charge on any atom is 0.462 e. The van der Waals surface area contributed by atoms with E-state index in [0.29, 0.717) is 0 Å². The first kappa shape index (κ1) is 52.8. The van der Waals surface area contributed by atoms with Crippen LogP contribution in [0.1, 0.15) is 6.92 Å². The van der Waals surface area contributed by atoms with Crippen LogP contribution in [0.5, 0.6) is 0 Å². The summed E-state index contributed by atoms with van der Waals surface area (Å²) in [6, 6.07) is 114. The third-order valence-corrected chi connectivity index (χ3v) is 36.3. The van der Waals surface area contributed by atoms with E-state index < -0.39 is 48.5 Å². The Morgan fingerprint density at radius 2 is 0.367 bits per heavy atom. The Hall–Kier alpha value is -8.19. The first-order valence-electron chi connectivity index (χ1n) is 26.5. The van der Waals surface area contributed by atoms with Crippen molar-refractivity contribution in [2.75, 3.05) is 0 Å². The molecule has 0 saturated heterocycles. The summed E-state index contributed by atoms with van der Waals surface area (Å²) in [4.78, 5) is 14.2. The van der Waals surface area contributed by atoms with Crippen LogP contribution in [0.25, 0.3) is 0 Å². The second-order valence-electron chi connectivity index (χ2n) is 19.2. The molecule has 0 radical (unpaired) electrons. The highest BCUT2D eigenvalue weighted by Crippen LogP contribution is 2.30. The van der Waals surface area contributed by atoms with Crippen molar-refractivity contribution < 1.29 is 25.7 Å². The number of carbonyl (C=O) groups excluding carboxylic acids is 1. The highest BCUT2D eigenvalue weighted by atomic mass is 28.5. The van der Waals surface area contributed by atoms with Gasteiger partial charge in [-0.2, -0.15) is 0 Å². The molecule has 0 aliphatic carbocycles. The van der Waals surface area contributed by atoms with Gasteiger partial charge in [-0.1, -0.05) is 334 Å². The fraction of sp³-hybridized carbons (Fsp3) is 0.0147. The lowest BCUT2D eigenvalue weighted by Crippen LogP contribution is -2.85. The maximum absolute atomic E-state index is 14.2. The molecule has 0 spiro atoms. The van der Waals surface area contributed by atoms with Crippen LogP contribution < -0.4 is 57.1 Å². The van der Waals surface area contributed by atoms with Crippen molar-refractivity contribution in [2.24, 2.45) is 0 Å². The first-order valence-corrected chi connectivity index (χ1v) is 35.7. The van der Waals surface area contributed by atoms with Gasteiger partial charge in [0.25, 0.3) is 14.3 Å². The van der Waals surface area contributed by atoms with Gasteiger partial charge in [0.1, 0.15) is 0 Å². The summed E-state index contributed by atoms with van der Waals surface area (Å²) in [5.41, 5.74) is 0. The van der Waals surface area contributed by atoms with E-state index in [1.807, 2.05) is 121 Å². The molecule has 0 aromatic heterocycles.